The molecule has 0 atom stereocenters. The average molecular weight is 259 g/mol. The molecule has 2 rings (SSSR count). The molecular formula is C13H13N3O3. The van der Waals surface area contributed by atoms with Crippen LogP contribution in [0.5, 0.6) is 11.6 Å². The summed E-state index contributed by atoms with van der Waals surface area (Å²) in [4.78, 5) is 19.4. The molecule has 0 saturated carbocycles. The van der Waals surface area contributed by atoms with Gasteiger partial charge in [-0.2, -0.15) is 4.98 Å². The lowest BCUT2D eigenvalue weighted by atomic mass is 10.3. The summed E-state index contributed by atoms with van der Waals surface area (Å²) < 4.78 is 10.1. The molecule has 0 spiro atoms. The van der Waals surface area contributed by atoms with Gasteiger partial charge in [-0.3, -0.25) is 0 Å². The number of ether oxygens (including phenoxy) is 2. The number of aryl methyl sites for hydroxylation is 1. The zero-order chi connectivity index (χ0) is 13.8. The highest BCUT2D eigenvalue weighted by molar-refractivity contribution is 5.85. The van der Waals surface area contributed by atoms with Crippen molar-refractivity contribution in [1.82, 2.24) is 9.97 Å². The summed E-state index contributed by atoms with van der Waals surface area (Å²) in [5.74, 6) is 0.148. The number of aromatic nitrogens is 2. The van der Waals surface area contributed by atoms with Crippen LogP contribution in [0.3, 0.4) is 0 Å². The highest BCUT2D eigenvalue weighted by Gasteiger charge is 2.12. The van der Waals surface area contributed by atoms with Crippen LogP contribution in [0.1, 0.15) is 16.3 Å². The third-order valence-electron chi connectivity index (χ3n) is 2.28. The van der Waals surface area contributed by atoms with Gasteiger partial charge >= 0.3 is 5.97 Å². The molecule has 0 saturated heterocycles. The molecule has 0 amide bonds. The van der Waals surface area contributed by atoms with Crippen LogP contribution in [0.15, 0.2) is 30.3 Å². The monoisotopic (exact) mass is 259 g/mol. The van der Waals surface area contributed by atoms with E-state index in [0.29, 0.717) is 17.1 Å². The first kappa shape index (κ1) is 12.8. The molecule has 0 aliphatic heterocycles. The van der Waals surface area contributed by atoms with Gasteiger partial charge in [-0.25, -0.2) is 9.78 Å². The van der Waals surface area contributed by atoms with E-state index in [-0.39, 0.29) is 11.7 Å². The van der Waals surface area contributed by atoms with Crippen LogP contribution in [-0.4, -0.2) is 23.0 Å². The Kier molecular flexibility index (Phi) is 3.61. The van der Waals surface area contributed by atoms with Crippen molar-refractivity contribution in [2.75, 3.05) is 12.8 Å². The molecule has 98 valence electrons. The van der Waals surface area contributed by atoms with E-state index in [9.17, 15) is 4.79 Å². The zero-order valence-electron chi connectivity index (χ0n) is 10.6. The fraction of sp³-hybridized carbons (Fsp3) is 0.154. The minimum Gasteiger partial charge on any atom is -0.463 e. The molecule has 0 radical (unpaired) electrons. The molecule has 0 bridgehead atoms. The van der Waals surface area contributed by atoms with Gasteiger partial charge in [-0.15, -0.1) is 0 Å². The molecule has 0 unspecified atom stereocenters. The van der Waals surface area contributed by atoms with E-state index in [0.717, 1.165) is 0 Å². The standard InChI is InChI=1S/C13H13N3O3/c1-8-6-11(16-12(15-8)13(17)18-2)19-10-5-3-4-9(14)7-10/h3-7H,14H2,1-2H3. The molecule has 19 heavy (non-hydrogen) atoms. The Morgan fingerprint density at radius 1 is 1.26 bits per heavy atom. The number of carbonyl (C=O) groups is 1. The zero-order valence-corrected chi connectivity index (χ0v) is 10.6. The van der Waals surface area contributed by atoms with Crippen LogP contribution in [-0.2, 0) is 4.74 Å². The van der Waals surface area contributed by atoms with E-state index in [1.54, 1.807) is 37.3 Å². The molecule has 2 N–H and O–H groups in total. The third kappa shape index (κ3) is 3.19. The lowest BCUT2D eigenvalue weighted by molar-refractivity contribution is 0.0585. The van der Waals surface area contributed by atoms with Crippen molar-refractivity contribution in [3.63, 3.8) is 0 Å². The fourth-order valence-corrected chi connectivity index (χ4v) is 1.47. The molecule has 6 nitrogen and oxygen atoms in total. The maximum Gasteiger partial charge on any atom is 0.376 e. The molecule has 1 aromatic carbocycles. The second-order valence-electron chi connectivity index (χ2n) is 3.84. The Morgan fingerprint density at radius 3 is 2.74 bits per heavy atom. The maximum absolute atomic E-state index is 11.4. The second-order valence-corrected chi connectivity index (χ2v) is 3.84. The Labute approximate surface area is 110 Å². The molecular weight excluding hydrogens is 246 g/mol. The van der Waals surface area contributed by atoms with Gasteiger partial charge < -0.3 is 15.2 Å². The van der Waals surface area contributed by atoms with Gasteiger partial charge in [0.05, 0.1) is 7.11 Å². The maximum atomic E-state index is 11.4. The lowest BCUT2D eigenvalue weighted by Crippen LogP contribution is -2.09. The van der Waals surface area contributed by atoms with E-state index < -0.39 is 5.97 Å². The van der Waals surface area contributed by atoms with Crippen molar-refractivity contribution in [1.29, 1.82) is 0 Å². The molecule has 1 aromatic heterocycles. The van der Waals surface area contributed by atoms with E-state index in [1.165, 1.54) is 7.11 Å². The van der Waals surface area contributed by atoms with Gasteiger partial charge in [0, 0.05) is 23.5 Å². The van der Waals surface area contributed by atoms with Gasteiger partial charge in [-0.1, -0.05) is 6.07 Å². The fourth-order valence-electron chi connectivity index (χ4n) is 1.47. The van der Waals surface area contributed by atoms with Crippen molar-refractivity contribution >= 4 is 11.7 Å². The SMILES string of the molecule is COC(=O)c1nc(C)cc(Oc2cccc(N)c2)n1. The van der Waals surface area contributed by atoms with Crippen molar-refractivity contribution in [2.24, 2.45) is 0 Å². The van der Waals surface area contributed by atoms with Crippen molar-refractivity contribution in [3.05, 3.63) is 41.9 Å². The minimum absolute atomic E-state index is 0.0404. The first-order chi connectivity index (χ1) is 9.08. The van der Waals surface area contributed by atoms with Crippen LogP contribution in [0.4, 0.5) is 5.69 Å². The molecule has 6 heteroatoms. The number of benzene rings is 1. The first-order valence-corrected chi connectivity index (χ1v) is 5.56. The number of methoxy groups -OCH3 is 1. The number of hydrogen-bond acceptors (Lipinski definition) is 6. The summed E-state index contributed by atoms with van der Waals surface area (Å²) in [7, 11) is 1.27. The highest BCUT2D eigenvalue weighted by Crippen LogP contribution is 2.22. The number of nitrogen functional groups attached to an aromatic ring is 1. The van der Waals surface area contributed by atoms with E-state index in [2.05, 4.69) is 14.7 Å². The van der Waals surface area contributed by atoms with Crippen LogP contribution < -0.4 is 10.5 Å². The number of rotatable bonds is 3. The van der Waals surface area contributed by atoms with Crippen molar-refractivity contribution < 1.29 is 14.3 Å². The van der Waals surface area contributed by atoms with E-state index >= 15 is 0 Å². The van der Waals surface area contributed by atoms with Crippen LogP contribution in [0, 0.1) is 6.92 Å². The Bertz CT molecular complexity index is 614. The summed E-state index contributed by atoms with van der Waals surface area (Å²) in [5, 5.41) is 0. The topological polar surface area (TPSA) is 87.3 Å². The van der Waals surface area contributed by atoms with Crippen LogP contribution >= 0.6 is 0 Å². The summed E-state index contributed by atoms with van der Waals surface area (Å²) >= 11 is 0. The average Bonchev–Trinajstić information content (AvgIpc) is 2.37. The van der Waals surface area contributed by atoms with Crippen molar-refractivity contribution in [3.8, 4) is 11.6 Å². The molecule has 1 heterocycles. The number of anilines is 1. The minimum atomic E-state index is -0.610. The van der Waals surface area contributed by atoms with Crippen LogP contribution in [0.2, 0.25) is 0 Å². The van der Waals surface area contributed by atoms with Gasteiger partial charge in [0.2, 0.25) is 11.7 Å². The second kappa shape index (κ2) is 5.34. The van der Waals surface area contributed by atoms with Gasteiger partial charge in [0.1, 0.15) is 5.75 Å². The highest BCUT2D eigenvalue weighted by atomic mass is 16.5. The summed E-state index contributed by atoms with van der Waals surface area (Å²) in [6, 6.07) is 8.54. The molecule has 0 aliphatic rings. The first-order valence-electron chi connectivity index (χ1n) is 5.56. The number of esters is 1. The van der Waals surface area contributed by atoms with Crippen molar-refractivity contribution in [2.45, 2.75) is 6.92 Å². The lowest BCUT2D eigenvalue weighted by Gasteiger charge is -2.07. The number of carbonyl (C=O) groups excluding carboxylic acids is 1. The Morgan fingerprint density at radius 2 is 2.05 bits per heavy atom. The number of hydrogen-bond donors (Lipinski definition) is 1. The number of nitrogens with two attached hydrogens (primary N) is 1. The predicted molar refractivity (Wildman–Crippen MR) is 69.0 cm³/mol. The molecule has 2 aromatic rings. The van der Waals surface area contributed by atoms with Crippen LogP contribution in [0.25, 0.3) is 0 Å². The van der Waals surface area contributed by atoms with E-state index in [1.807, 2.05) is 0 Å². The summed E-state index contributed by atoms with van der Waals surface area (Å²) in [6.45, 7) is 1.74. The third-order valence-corrected chi connectivity index (χ3v) is 2.28. The Hall–Kier alpha value is -2.63. The van der Waals surface area contributed by atoms with Gasteiger partial charge in [0.15, 0.2) is 0 Å². The van der Waals surface area contributed by atoms with Gasteiger partial charge in [0.25, 0.3) is 0 Å². The predicted octanol–water partition coefficient (Wildman–Crippen LogP) is 1.95. The summed E-state index contributed by atoms with van der Waals surface area (Å²) in [5.41, 5.74) is 6.84. The van der Waals surface area contributed by atoms with E-state index in [4.69, 9.17) is 10.5 Å². The molecule has 0 aliphatic carbocycles. The van der Waals surface area contributed by atoms with Gasteiger partial charge in [-0.05, 0) is 19.1 Å². The normalized spacial score (nSPS) is 10.0. The number of nitrogens with zero attached hydrogens (tertiary/aromatic N) is 2. The Balaban J connectivity index is 2.30. The largest absolute Gasteiger partial charge is 0.463 e. The quantitative estimate of drug-likeness (QED) is 0.669. The smallest absolute Gasteiger partial charge is 0.376 e. The summed E-state index contributed by atoms with van der Waals surface area (Å²) in [6.07, 6.45) is 0. The molecule has 0 fully saturated rings.